The standard InChI is InChI=1S/C12H18N4O2/c1-2-6-16(8-11(17)15-12(14)18)10-5-3-4-9(13)7-10/h3-5,7H,2,6,8,13H2,1H3,(H3,14,15,17,18). The molecule has 3 amide bonds. The highest BCUT2D eigenvalue weighted by molar-refractivity contribution is 5.95. The Morgan fingerprint density at radius 3 is 2.67 bits per heavy atom. The molecule has 0 aromatic heterocycles. The number of nitrogens with one attached hydrogen (secondary N) is 1. The average molecular weight is 250 g/mol. The van der Waals surface area contributed by atoms with E-state index in [9.17, 15) is 9.59 Å². The van der Waals surface area contributed by atoms with Crippen LogP contribution in [0.25, 0.3) is 0 Å². The summed E-state index contributed by atoms with van der Waals surface area (Å²) < 4.78 is 0. The quantitative estimate of drug-likeness (QED) is 0.669. The monoisotopic (exact) mass is 250 g/mol. The Morgan fingerprint density at radius 1 is 1.39 bits per heavy atom. The van der Waals surface area contributed by atoms with Gasteiger partial charge in [-0.05, 0) is 24.6 Å². The SMILES string of the molecule is CCCN(CC(=O)NC(N)=O)c1cccc(N)c1. The zero-order valence-corrected chi connectivity index (χ0v) is 10.3. The number of rotatable bonds is 5. The van der Waals surface area contributed by atoms with E-state index >= 15 is 0 Å². The van der Waals surface area contributed by atoms with Crippen molar-refractivity contribution in [2.45, 2.75) is 13.3 Å². The van der Waals surface area contributed by atoms with Crippen LogP contribution in [0.15, 0.2) is 24.3 Å². The van der Waals surface area contributed by atoms with Crippen LogP contribution in [-0.2, 0) is 4.79 Å². The average Bonchev–Trinajstić information content (AvgIpc) is 2.27. The van der Waals surface area contributed by atoms with Crippen LogP contribution < -0.4 is 21.7 Å². The number of hydrogen-bond acceptors (Lipinski definition) is 4. The van der Waals surface area contributed by atoms with Crippen LogP contribution in [-0.4, -0.2) is 25.0 Å². The molecule has 0 saturated carbocycles. The first-order valence-corrected chi connectivity index (χ1v) is 5.72. The van der Waals surface area contributed by atoms with Gasteiger partial charge in [0.1, 0.15) is 0 Å². The predicted octanol–water partition coefficient (Wildman–Crippen LogP) is 0.680. The molecule has 1 aromatic carbocycles. The van der Waals surface area contributed by atoms with Gasteiger partial charge in [0.15, 0.2) is 0 Å². The van der Waals surface area contributed by atoms with Crippen molar-refractivity contribution < 1.29 is 9.59 Å². The van der Waals surface area contributed by atoms with Crippen LogP contribution in [0.4, 0.5) is 16.2 Å². The number of anilines is 2. The third kappa shape index (κ3) is 4.32. The number of nitrogens with two attached hydrogens (primary N) is 2. The smallest absolute Gasteiger partial charge is 0.318 e. The van der Waals surface area contributed by atoms with E-state index in [-0.39, 0.29) is 6.54 Å². The Morgan fingerprint density at radius 2 is 2.11 bits per heavy atom. The fourth-order valence-corrected chi connectivity index (χ4v) is 1.64. The number of primary amides is 1. The summed E-state index contributed by atoms with van der Waals surface area (Å²) in [6, 6.07) is 6.40. The van der Waals surface area contributed by atoms with E-state index in [0.29, 0.717) is 12.2 Å². The number of carbonyl (C=O) groups excluding carboxylic acids is 2. The number of nitrogen functional groups attached to an aromatic ring is 1. The summed E-state index contributed by atoms with van der Waals surface area (Å²) in [5.74, 6) is -0.432. The summed E-state index contributed by atoms with van der Waals surface area (Å²) >= 11 is 0. The Bertz CT molecular complexity index is 434. The van der Waals surface area contributed by atoms with E-state index in [0.717, 1.165) is 12.1 Å². The van der Waals surface area contributed by atoms with Crippen LogP contribution >= 0.6 is 0 Å². The van der Waals surface area contributed by atoms with Gasteiger partial charge in [-0.25, -0.2) is 4.79 Å². The number of nitrogens with zero attached hydrogens (tertiary/aromatic N) is 1. The molecule has 0 aliphatic carbocycles. The van der Waals surface area contributed by atoms with Crippen LogP contribution in [0.1, 0.15) is 13.3 Å². The maximum Gasteiger partial charge on any atom is 0.318 e. The number of carbonyl (C=O) groups is 2. The lowest BCUT2D eigenvalue weighted by Crippen LogP contribution is -2.42. The van der Waals surface area contributed by atoms with E-state index < -0.39 is 11.9 Å². The second-order valence-electron chi connectivity index (χ2n) is 3.93. The molecular weight excluding hydrogens is 232 g/mol. The zero-order valence-electron chi connectivity index (χ0n) is 10.3. The molecule has 0 bridgehead atoms. The molecule has 0 saturated heterocycles. The van der Waals surface area contributed by atoms with Crippen LogP contribution in [0, 0.1) is 0 Å². The normalized spacial score (nSPS) is 9.83. The lowest BCUT2D eigenvalue weighted by Gasteiger charge is -2.23. The lowest BCUT2D eigenvalue weighted by molar-refractivity contribution is -0.118. The van der Waals surface area contributed by atoms with Gasteiger partial charge in [0.05, 0.1) is 6.54 Å². The molecule has 6 nitrogen and oxygen atoms in total. The Labute approximate surface area is 106 Å². The highest BCUT2D eigenvalue weighted by Gasteiger charge is 2.12. The highest BCUT2D eigenvalue weighted by atomic mass is 16.2. The summed E-state index contributed by atoms with van der Waals surface area (Å²) in [5.41, 5.74) is 12.1. The summed E-state index contributed by atoms with van der Waals surface area (Å²) in [6.45, 7) is 2.77. The summed E-state index contributed by atoms with van der Waals surface area (Å²) in [6.07, 6.45) is 0.874. The largest absolute Gasteiger partial charge is 0.399 e. The number of urea groups is 1. The van der Waals surface area contributed by atoms with Gasteiger partial charge < -0.3 is 16.4 Å². The van der Waals surface area contributed by atoms with Crippen molar-refractivity contribution in [3.05, 3.63) is 24.3 Å². The Hall–Kier alpha value is -2.24. The van der Waals surface area contributed by atoms with Crippen LogP contribution in [0.3, 0.4) is 0 Å². The molecule has 5 N–H and O–H groups in total. The number of amides is 3. The summed E-state index contributed by atoms with van der Waals surface area (Å²) in [7, 11) is 0. The number of hydrogen-bond donors (Lipinski definition) is 3. The van der Waals surface area contributed by atoms with Gasteiger partial charge in [-0.1, -0.05) is 13.0 Å². The van der Waals surface area contributed by atoms with Crippen LogP contribution in [0.2, 0.25) is 0 Å². The maximum absolute atomic E-state index is 11.5. The van der Waals surface area contributed by atoms with Gasteiger partial charge in [0.25, 0.3) is 0 Å². The second-order valence-corrected chi connectivity index (χ2v) is 3.93. The highest BCUT2D eigenvalue weighted by Crippen LogP contribution is 2.17. The minimum atomic E-state index is -0.843. The minimum absolute atomic E-state index is 0.0697. The van der Waals surface area contributed by atoms with Crippen molar-refractivity contribution in [2.75, 3.05) is 23.7 Å². The lowest BCUT2D eigenvalue weighted by atomic mass is 10.2. The van der Waals surface area contributed by atoms with Gasteiger partial charge in [-0.2, -0.15) is 0 Å². The third-order valence-electron chi connectivity index (χ3n) is 2.33. The first kappa shape index (κ1) is 13.8. The minimum Gasteiger partial charge on any atom is -0.399 e. The molecule has 1 aromatic rings. The first-order chi connectivity index (χ1) is 8.52. The molecule has 0 atom stereocenters. The molecule has 0 heterocycles. The molecule has 0 aliphatic rings. The van der Waals surface area contributed by atoms with Gasteiger partial charge in [-0.15, -0.1) is 0 Å². The molecule has 0 unspecified atom stereocenters. The number of benzene rings is 1. The van der Waals surface area contributed by atoms with Gasteiger partial charge in [0.2, 0.25) is 5.91 Å². The zero-order chi connectivity index (χ0) is 13.5. The van der Waals surface area contributed by atoms with Gasteiger partial charge in [0, 0.05) is 17.9 Å². The summed E-state index contributed by atoms with van der Waals surface area (Å²) in [4.78, 5) is 23.9. The predicted molar refractivity (Wildman–Crippen MR) is 71.1 cm³/mol. The topological polar surface area (TPSA) is 101 Å². The van der Waals surface area contributed by atoms with Gasteiger partial charge >= 0.3 is 6.03 Å². The number of imide groups is 1. The van der Waals surface area contributed by atoms with Crippen molar-refractivity contribution in [3.63, 3.8) is 0 Å². The Kier molecular flexibility index (Phi) is 4.98. The maximum atomic E-state index is 11.5. The molecule has 0 radical (unpaired) electrons. The fourth-order valence-electron chi connectivity index (χ4n) is 1.64. The van der Waals surface area contributed by atoms with Crippen molar-refractivity contribution in [1.29, 1.82) is 0 Å². The molecule has 98 valence electrons. The van der Waals surface area contributed by atoms with Crippen molar-refractivity contribution in [2.24, 2.45) is 5.73 Å². The van der Waals surface area contributed by atoms with E-state index in [1.165, 1.54) is 0 Å². The van der Waals surface area contributed by atoms with Crippen LogP contribution in [0.5, 0.6) is 0 Å². The molecule has 6 heteroatoms. The van der Waals surface area contributed by atoms with E-state index in [4.69, 9.17) is 11.5 Å². The molecular formula is C12H18N4O2. The molecule has 0 fully saturated rings. The van der Waals surface area contributed by atoms with Gasteiger partial charge in [-0.3, -0.25) is 10.1 Å². The van der Waals surface area contributed by atoms with E-state index in [1.54, 1.807) is 12.1 Å². The molecule has 0 aliphatic heterocycles. The summed E-state index contributed by atoms with van der Waals surface area (Å²) in [5, 5.41) is 2.04. The molecule has 18 heavy (non-hydrogen) atoms. The first-order valence-electron chi connectivity index (χ1n) is 5.72. The Balaban J connectivity index is 2.76. The van der Waals surface area contributed by atoms with E-state index in [2.05, 4.69) is 0 Å². The second kappa shape index (κ2) is 6.48. The van der Waals surface area contributed by atoms with Crippen molar-refractivity contribution in [3.8, 4) is 0 Å². The molecule has 0 spiro atoms. The van der Waals surface area contributed by atoms with E-state index in [1.807, 2.05) is 29.3 Å². The molecule has 1 rings (SSSR count). The van der Waals surface area contributed by atoms with Crippen molar-refractivity contribution in [1.82, 2.24) is 5.32 Å². The van der Waals surface area contributed by atoms with Crippen molar-refractivity contribution >= 4 is 23.3 Å². The fraction of sp³-hybridized carbons (Fsp3) is 0.333. The third-order valence-corrected chi connectivity index (χ3v) is 2.33.